The van der Waals surface area contributed by atoms with Crippen molar-refractivity contribution in [3.63, 3.8) is 0 Å². The summed E-state index contributed by atoms with van der Waals surface area (Å²) < 4.78 is 0. The lowest BCUT2D eigenvalue weighted by Gasteiger charge is -2.09. The maximum absolute atomic E-state index is 5.49. The molecule has 2 N–H and O–H groups in total. The van der Waals surface area contributed by atoms with E-state index >= 15 is 0 Å². The van der Waals surface area contributed by atoms with Gasteiger partial charge in [-0.2, -0.15) is 0 Å². The molecule has 1 unspecified atom stereocenters. The summed E-state index contributed by atoms with van der Waals surface area (Å²) in [5.41, 5.74) is 5.49. The van der Waals surface area contributed by atoms with Crippen molar-refractivity contribution >= 4 is 0 Å². The third-order valence-corrected chi connectivity index (χ3v) is 1.37. The molecule has 1 atom stereocenters. The van der Waals surface area contributed by atoms with Gasteiger partial charge in [0, 0.05) is 6.04 Å². The minimum atomic E-state index is 0.764. The minimum Gasteiger partial charge on any atom is -0.324 e. The van der Waals surface area contributed by atoms with Gasteiger partial charge in [-0.15, -0.1) is 0 Å². The van der Waals surface area contributed by atoms with Gasteiger partial charge in [-0.25, -0.2) is 0 Å². The van der Waals surface area contributed by atoms with Crippen LogP contribution in [0.2, 0.25) is 0 Å². The Morgan fingerprint density at radius 1 is 1.62 bits per heavy atom. The summed E-state index contributed by atoms with van der Waals surface area (Å²) >= 11 is 0. The van der Waals surface area contributed by atoms with Crippen molar-refractivity contribution in [3.05, 3.63) is 6.04 Å². The lowest BCUT2D eigenvalue weighted by atomic mass is 10.0. The first-order valence-corrected chi connectivity index (χ1v) is 3.24. The number of rotatable bonds is 3. The summed E-state index contributed by atoms with van der Waals surface area (Å²) in [5.74, 6) is 0.764. The first-order chi connectivity index (χ1) is 3.66. The van der Waals surface area contributed by atoms with Crippen molar-refractivity contribution in [2.75, 3.05) is 0 Å². The third kappa shape index (κ3) is 4.13. The number of hydrogen-bond donors (Lipinski definition) is 1. The summed E-state index contributed by atoms with van der Waals surface area (Å²) in [5, 5.41) is 0. The summed E-state index contributed by atoms with van der Waals surface area (Å²) in [6.07, 6.45) is 2.31. The van der Waals surface area contributed by atoms with Crippen LogP contribution in [0.15, 0.2) is 0 Å². The molecule has 0 aliphatic heterocycles. The molecular weight excluding hydrogens is 98.1 g/mol. The van der Waals surface area contributed by atoms with E-state index in [4.69, 9.17) is 5.73 Å². The average Bonchev–Trinajstić information content (AvgIpc) is 1.65. The van der Waals surface area contributed by atoms with Gasteiger partial charge in [-0.3, -0.25) is 0 Å². The van der Waals surface area contributed by atoms with Gasteiger partial charge in [0.2, 0.25) is 0 Å². The largest absolute Gasteiger partial charge is 0.324 e. The third-order valence-electron chi connectivity index (χ3n) is 1.37. The van der Waals surface area contributed by atoms with E-state index in [0.29, 0.717) is 0 Å². The van der Waals surface area contributed by atoms with Gasteiger partial charge in [0.1, 0.15) is 0 Å². The molecule has 0 saturated heterocycles. The second-order valence-corrected chi connectivity index (χ2v) is 2.56. The zero-order chi connectivity index (χ0) is 6.57. The number of hydrogen-bond acceptors (Lipinski definition) is 1. The van der Waals surface area contributed by atoms with Crippen LogP contribution in [0.25, 0.3) is 0 Å². The highest BCUT2D eigenvalue weighted by atomic mass is 14.6. The molecule has 1 radical (unpaired) electrons. The Hall–Kier alpha value is -0.0400. The van der Waals surface area contributed by atoms with Gasteiger partial charge in [-0.05, 0) is 19.3 Å². The molecule has 0 aromatic carbocycles. The second kappa shape index (κ2) is 3.90. The van der Waals surface area contributed by atoms with Crippen LogP contribution in [-0.4, -0.2) is 0 Å². The zero-order valence-electron chi connectivity index (χ0n) is 6.07. The van der Waals surface area contributed by atoms with E-state index in [9.17, 15) is 0 Å². The highest BCUT2D eigenvalue weighted by molar-refractivity contribution is 4.76. The van der Waals surface area contributed by atoms with Gasteiger partial charge in [0.15, 0.2) is 0 Å². The zero-order valence-corrected chi connectivity index (χ0v) is 6.07. The molecule has 0 rings (SSSR count). The summed E-state index contributed by atoms with van der Waals surface area (Å²) in [7, 11) is 0. The van der Waals surface area contributed by atoms with E-state index in [1.807, 2.05) is 6.92 Å². The van der Waals surface area contributed by atoms with Crippen LogP contribution in [0.4, 0.5) is 0 Å². The average molecular weight is 114 g/mol. The van der Waals surface area contributed by atoms with Crippen LogP contribution < -0.4 is 5.73 Å². The fraction of sp³-hybridized carbons (Fsp3) is 0.857. The van der Waals surface area contributed by atoms with Crippen LogP contribution in [0.3, 0.4) is 0 Å². The van der Waals surface area contributed by atoms with Gasteiger partial charge in [0.25, 0.3) is 0 Å². The molecule has 0 aromatic rings. The maximum atomic E-state index is 5.49. The molecule has 0 fully saturated rings. The topological polar surface area (TPSA) is 26.0 Å². The quantitative estimate of drug-likeness (QED) is 0.596. The Kier molecular flexibility index (Phi) is 3.88. The predicted octanol–water partition coefficient (Wildman–Crippen LogP) is 1.93. The second-order valence-electron chi connectivity index (χ2n) is 2.56. The van der Waals surface area contributed by atoms with E-state index < -0.39 is 0 Å². The van der Waals surface area contributed by atoms with E-state index in [1.165, 1.54) is 6.42 Å². The Morgan fingerprint density at radius 2 is 2.12 bits per heavy atom. The van der Waals surface area contributed by atoms with E-state index in [1.54, 1.807) is 0 Å². The van der Waals surface area contributed by atoms with Crippen molar-refractivity contribution in [1.29, 1.82) is 0 Å². The van der Waals surface area contributed by atoms with Gasteiger partial charge in [-0.1, -0.05) is 20.3 Å². The van der Waals surface area contributed by atoms with Gasteiger partial charge in [0.05, 0.1) is 0 Å². The molecule has 0 aliphatic rings. The van der Waals surface area contributed by atoms with Gasteiger partial charge >= 0.3 is 0 Å². The molecule has 1 nitrogen and oxygen atoms in total. The maximum Gasteiger partial charge on any atom is 0.0308 e. The first-order valence-electron chi connectivity index (χ1n) is 3.24. The molecule has 0 saturated carbocycles. The van der Waals surface area contributed by atoms with Crippen LogP contribution in [-0.2, 0) is 0 Å². The SMILES string of the molecule is CCC(C)C[C](C)N. The first kappa shape index (κ1) is 7.96. The summed E-state index contributed by atoms with van der Waals surface area (Å²) in [4.78, 5) is 0. The lowest BCUT2D eigenvalue weighted by Crippen LogP contribution is -2.08. The smallest absolute Gasteiger partial charge is 0.0308 e. The molecule has 0 spiro atoms. The van der Waals surface area contributed by atoms with Crippen LogP contribution in [0.1, 0.15) is 33.6 Å². The molecular formula is C7H16N. The Morgan fingerprint density at radius 3 is 2.25 bits per heavy atom. The van der Waals surface area contributed by atoms with Gasteiger partial charge < -0.3 is 5.73 Å². The lowest BCUT2D eigenvalue weighted by molar-refractivity contribution is 0.523. The summed E-state index contributed by atoms with van der Waals surface area (Å²) in [6.45, 7) is 6.39. The Bertz CT molecular complexity index is 50.3. The van der Waals surface area contributed by atoms with E-state index in [0.717, 1.165) is 18.4 Å². The van der Waals surface area contributed by atoms with Crippen molar-refractivity contribution in [2.45, 2.75) is 33.6 Å². The standard InChI is InChI=1S/C7H16N/c1-4-6(2)5-7(3)8/h6H,4-5,8H2,1-3H3. The van der Waals surface area contributed by atoms with Crippen LogP contribution in [0.5, 0.6) is 0 Å². The molecule has 49 valence electrons. The van der Waals surface area contributed by atoms with Crippen LogP contribution in [0, 0.1) is 12.0 Å². The van der Waals surface area contributed by atoms with Crippen molar-refractivity contribution in [1.82, 2.24) is 0 Å². The van der Waals surface area contributed by atoms with E-state index in [-0.39, 0.29) is 0 Å². The fourth-order valence-electron chi connectivity index (χ4n) is 0.694. The normalized spacial score (nSPS) is 14.6. The van der Waals surface area contributed by atoms with Crippen molar-refractivity contribution in [2.24, 2.45) is 11.7 Å². The Labute approximate surface area is 52.3 Å². The highest BCUT2D eigenvalue weighted by Gasteiger charge is 2.01. The fourth-order valence-corrected chi connectivity index (χ4v) is 0.694. The number of nitrogens with two attached hydrogens (primary N) is 1. The van der Waals surface area contributed by atoms with E-state index in [2.05, 4.69) is 13.8 Å². The predicted molar refractivity (Wildman–Crippen MR) is 37.2 cm³/mol. The molecule has 0 bridgehead atoms. The molecule has 0 aromatic heterocycles. The molecule has 0 heterocycles. The van der Waals surface area contributed by atoms with Crippen molar-refractivity contribution < 1.29 is 0 Å². The summed E-state index contributed by atoms with van der Waals surface area (Å²) in [6, 6.07) is 1.05. The monoisotopic (exact) mass is 114 g/mol. The highest BCUT2D eigenvalue weighted by Crippen LogP contribution is 2.10. The minimum absolute atomic E-state index is 0.764. The molecule has 0 aliphatic carbocycles. The molecule has 1 heteroatoms. The van der Waals surface area contributed by atoms with Crippen LogP contribution >= 0.6 is 0 Å². The molecule has 0 amide bonds. The molecule has 8 heavy (non-hydrogen) atoms. The Balaban J connectivity index is 3.10. The van der Waals surface area contributed by atoms with Crippen molar-refractivity contribution in [3.8, 4) is 0 Å².